The maximum absolute atomic E-state index is 12.1. The van der Waals surface area contributed by atoms with E-state index in [9.17, 15) is 4.79 Å². The molecule has 150 valence electrons. The molecule has 3 N–H and O–H groups in total. The number of aromatic amines is 1. The number of nitrogens with two attached hydrogens (primary N) is 1. The molecule has 0 fully saturated rings. The van der Waals surface area contributed by atoms with E-state index < -0.39 is 0 Å². The highest BCUT2D eigenvalue weighted by atomic mass is 35.5. The Morgan fingerprint density at radius 2 is 1.93 bits per heavy atom. The summed E-state index contributed by atoms with van der Waals surface area (Å²) >= 11 is 7.35. The van der Waals surface area contributed by atoms with Gasteiger partial charge in [-0.1, -0.05) is 35.5 Å². The molecule has 0 amide bonds. The number of halogens is 1. The number of fused-ring (bicyclic) bond motifs is 1. The Kier molecular flexibility index (Phi) is 5.77. The average Bonchev–Trinajstić information content (AvgIpc) is 3.24. The van der Waals surface area contributed by atoms with Crippen molar-refractivity contribution in [3.05, 3.63) is 69.9 Å². The molecule has 4 aromatic rings. The molecule has 0 bridgehead atoms. The second kappa shape index (κ2) is 8.62. The van der Waals surface area contributed by atoms with Gasteiger partial charge in [-0.25, -0.2) is 9.47 Å². The number of aromatic nitrogens is 5. The Morgan fingerprint density at radius 1 is 1.14 bits per heavy atom. The number of rotatable bonds is 8. The summed E-state index contributed by atoms with van der Waals surface area (Å²) in [6, 6.07) is 14.7. The van der Waals surface area contributed by atoms with Gasteiger partial charge in [-0.05, 0) is 42.8 Å². The number of nitrogen functional groups attached to an aromatic ring is 1. The van der Waals surface area contributed by atoms with Crippen LogP contribution in [0.2, 0.25) is 5.02 Å². The van der Waals surface area contributed by atoms with Crippen LogP contribution >= 0.6 is 23.4 Å². The minimum absolute atomic E-state index is 0.0974. The second-order valence-electron chi connectivity index (χ2n) is 6.31. The Hall–Kier alpha value is -2.91. The molecule has 8 nitrogen and oxygen atoms in total. The van der Waals surface area contributed by atoms with E-state index >= 15 is 0 Å². The van der Waals surface area contributed by atoms with Crippen molar-refractivity contribution in [2.75, 3.05) is 11.6 Å². The van der Waals surface area contributed by atoms with Crippen molar-refractivity contribution in [2.45, 2.75) is 24.7 Å². The summed E-state index contributed by atoms with van der Waals surface area (Å²) < 4.78 is 8.83. The predicted molar refractivity (Wildman–Crippen MR) is 114 cm³/mol. The quantitative estimate of drug-likeness (QED) is 0.253. The molecule has 4 rings (SSSR count). The first-order valence-electron chi connectivity index (χ1n) is 9.00. The lowest BCUT2D eigenvalue weighted by Crippen LogP contribution is -2.17. The minimum Gasteiger partial charge on any atom is -0.486 e. The zero-order valence-corrected chi connectivity index (χ0v) is 17.0. The number of ether oxygens (including phenoxy) is 1. The Morgan fingerprint density at radius 3 is 2.76 bits per heavy atom. The molecular weight excluding hydrogens is 412 g/mol. The van der Waals surface area contributed by atoms with Crippen LogP contribution in [0.5, 0.6) is 5.75 Å². The monoisotopic (exact) mass is 430 g/mol. The molecule has 0 saturated carbocycles. The first-order chi connectivity index (χ1) is 14.1. The highest BCUT2D eigenvalue weighted by Gasteiger charge is 2.11. The van der Waals surface area contributed by atoms with E-state index in [1.165, 1.54) is 16.4 Å². The summed E-state index contributed by atoms with van der Waals surface area (Å²) in [7, 11) is 0. The van der Waals surface area contributed by atoms with E-state index in [0.29, 0.717) is 28.3 Å². The molecule has 29 heavy (non-hydrogen) atoms. The van der Waals surface area contributed by atoms with Gasteiger partial charge in [-0.15, -0.1) is 10.2 Å². The van der Waals surface area contributed by atoms with Crippen LogP contribution in [0.4, 0.5) is 0 Å². The number of aryl methyl sites for hydroxylation is 1. The molecule has 0 aliphatic heterocycles. The second-order valence-corrected chi connectivity index (χ2v) is 7.81. The highest BCUT2D eigenvalue weighted by Crippen LogP contribution is 2.19. The van der Waals surface area contributed by atoms with Crippen LogP contribution < -0.4 is 16.3 Å². The van der Waals surface area contributed by atoms with Gasteiger partial charge in [0.15, 0.2) is 5.82 Å². The lowest BCUT2D eigenvalue weighted by atomic mass is 10.3. The van der Waals surface area contributed by atoms with Crippen molar-refractivity contribution >= 4 is 34.4 Å². The number of thioether (sulfide) groups is 1. The third-order valence-corrected chi connectivity index (χ3v) is 5.64. The van der Waals surface area contributed by atoms with Crippen LogP contribution in [0.15, 0.2) is 58.5 Å². The van der Waals surface area contributed by atoms with Gasteiger partial charge in [0.05, 0.1) is 11.0 Å². The Labute approximate surface area is 175 Å². The first kappa shape index (κ1) is 19.4. The van der Waals surface area contributed by atoms with E-state index in [1.54, 1.807) is 28.8 Å². The molecule has 0 aliphatic rings. The molecule has 2 heterocycles. The van der Waals surface area contributed by atoms with E-state index in [4.69, 9.17) is 22.2 Å². The van der Waals surface area contributed by atoms with Crippen LogP contribution in [-0.4, -0.2) is 30.2 Å². The summed E-state index contributed by atoms with van der Waals surface area (Å²) in [4.78, 5) is 15.0. The average molecular weight is 431 g/mol. The van der Waals surface area contributed by atoms with E-state index in [-0.39, 0.29) is 12.3 Å². The van der Waals surface area contributed by atoms with E-state index in [2.05, 4.69) is 15.2 Å². The first-order valence-corrected chi connectivity index (χ1v) is 10.4. The number of imidazole rings is 1. The summed E-state index contributed by atoms with van der Waals surface area (Å²) in [5.41, 5.74) is 1.66. The summed E-state index contributed by atoms with van der Waals surface area (Å²) in [5, 5.41) is 9.46. The molecule has 0 atom stereocenters. The number of benzene rings is 2. The van der Waals surface area contributed by atoms with E-state index in [1.807, 2.05) is 24.3 Å². The largest absolute Gasteiger partial charge is 0.486 e. The normalized spacial score (nSPS) is 11.2. The minimum atomic E-state index is -0.0974. The van der Waals surface area contributed by atoms with Gasteiger partial charge in [0, 0.05) is 17.3 Å². The predicted octanol–water partition coefficient (Wildman–Crippen LogP) is 3.05. The molecule has 2 aromatic heterocycles. The van der Waals surface area contributed by atoms with Crippen LogP contribution in [0.25, 0.3) is 11.0 Å². The van der Waals surface area contributed by atoms with Gasteiger partial charge in [-0.3, -0.25) is 4.57 Å². The van der Waals surface area contributed by atoms with Crippen LogP contribution in [-0.2, 0) is 13.2 Å². The summed E-state index contributed by atoms with van der Waals surface area (Å²) in [6.45, 7) is 0.817. The maximum atomic E-state index is 12.1. The number of H-pyrrole nitrogens is 1. The van der Waals surface area contributed by atoms with Crippen molar-refractivity contribution in [3.8, 4) is 5.75 Å². The summed E-state index contributed by atoms with van der Waals surface area (Å²) in [5.74, 6) is 8.03. The Bertz CT molecular complexity index is 1170. The molecule has 0 radical (unpaired) electrons. The third kappa shape index (κ3) is 4.41. The topological polar surface area (TPSA) is 104 Å². The molecule has 0 unspecified atom stereocenters. The highest BCUT2D eigenvalue weighted by molar-refractivity contribution is 7.99. The SMILES string of the molecule is Nn1c(COc2ccc(Cl)cc2)nnc1SCCCn1c(=O)[nH]c2ccccc21. The van der Waals surface area contributed by atoms with Crippen molar-refractivity contribution in [3.63, 3.8) is 0 Å². The zero-order valence-electron chi connectivity index (χ0n) is 15.4. The number of hydrogen-bond donors (Lipinski definition) is 2. The standard InChI is InChI=1S/C19H19ClN6O2S/c20-13-6-8-14(9-7-13)28-12-17-23-24-19(26(17)21)29-11-3-10-25-16-5-2-1-4-15(16)22-18(25)27/h1-2,4-9H,3,10-12,21H2,(H,22,27). The van der Waals surface area contributed by atoms with Crippen molar-refractivity contribution < 1.29 is 4.74 Å². The van der Waals surface area contributed by atoms with E-state index in [0.717, 1.165) is 23.2 Å². The fourth-order valence-electron chi connectivity index (χ4n) is 2.90. The van der Waals surface area contributed by atoms with Crippen molar-refractivity contribution in [2.24, 2.45) is 0 Å². The van der Waals surface area contributed by atoms with Gasteiger partial charge in [-0.2, -0.15) is 0 Å². The smallest absolute Gasteiger partial charge is 0.326 e. The van der Waals surface area contributed by atoms with Gasteiger partial charge in [0.2, 0.25) is 5.16 Å². The van der Waals surface area contributed by atoms with Gasteiger partial charge < -0.3 is 15.6 Å². The summed E-state index contributed by atoms with van der Waals surface area (Å²) in [6.07, 6.45) is 0.788. The van der Waals surface area contributed by atoms with Crippen LogP contribution in [0.1, 0.15) is 12.2 Å². The molecule has 10 heteroatoms. The molecular formula is C19H19ClN6O2S. The van der Waals surface area contributed by atoms with Gasteiger partial charge >= 0.3 is 5.69 Å². The molecule has 0 aliphatic carbocycles. The number of nitrogens with one attached hydrogen (secondary N) is 1. The number of nitrogens with zero attached hydrogens (tertiary/aromatic N) is 4. The zero-order chi connectivity index (χ0) is 20.2. The molecule has 2 aromatic carbocycles. The lowest BCUT2D eigenvalue weighted by Gasteiger charge is -2.06. The van der Waals surface area contributed by atoms with Crippen LogP contribution in [0.3, 0.4) is 0 Å². The molecule has 0 saturated heterocycles. The Balaban J connectivity index is 1.30. The van der Waals surface area contributed by atoms with Crippen molar-refractivity contribution in [1.29, 1.82) is 0 Å². The third-order valence-electron chi connectivity index (χ3n) is 4.36. The fraction of sp³-hybridized carbons (Fsp3) is 0.211. The van der Waals surface area contributed by atoms with Crippen LogP contribution in [0, 0.1) is 0 Å². The number of hydrogen-bond acceptors (Lipinski definition) is 6. The van der Waals surface area contributed by atoms with Crippen molar-refractivity contribution in [1.82, 2.24) is 24.4 Å². The van der Waals surface area contributed by atoms with Gasteiger partial charge in [0.1, 0.15) is 12.4 Å². The fourth-order valence-corrected chi connectivity index (χ4v) is 3.82. The maximum Gasteiger partial charge on any atom is 0.326 e. The molecule has 0 spiro atoms. The number of para-hydroxylation sites is 2. The lowest BCUT2D eigenvalue weighted by molar-refractivity contribution is 0.291. The van der Waals surface area contributed by atoms with Gasteiger partial charge in [0.25, 0.3) is 0 Å².